The largest absolute Gasteiger partial charge is 0.338 e. The lowest BCUT2D eigenvalue weighted by molar-refractivity contribution is -0.138. The summed E-state index contributed by atoms with van der Waals surface area (Å²) >= 11 is 0. The van der Waals surface area contributed by atoms with E-state index in [2.05, 4.69) is 9.97 Å². The summed E-state index contributed by atoms with van der Waals surface area (Å²) in [4.78, 5) is 44.8. The number of imidazole rings is 1. The molecule has 2 aromatic rings. The number of aromatic amines is 2. The number of piperazine rings is 1. The Balaban J connectivity index is 0.00000210. The number of halogens is 1. The highest BCUT2D eigenvalue weighted by atomic mass is 35.5. The lowest BCUT2D eigenvalue weighted by Crippen LogP contribution is -2.60. The fraction of sp³-hybridized carbons (Fsp3) is 0.389. The van der Waals surface area contributed by atoms with Crippen LogP contribution in [-0.2, 0) is 17.6 Å². The fourth-order valence-corrected chi connectivity index (χ4v) is 3.84. The molecule has 0 atom stereocenters. The van der Waals surface area contributed by atoms with Crippen molar-refractivity contribution in [3.63, 3.8) is 0 Å². The molecule has 1 aromatic heterocycles. The summed E-state index contributed by atoms with van der Waals surface area (Å²) in [5.41, 5.74) is 7.64. The molecule has 4 rings (SSSR count). The first-order chi connectivity index (χ1) is 12.5. The smallest absolute Gasteiger partial charge is 0.323 e. The number of H-pyrrole nitrogens is 2. The van der Waals surface area contributed by atoms with Gasteiger partial charge in [-0.2, -0.15) is 0 Å². The third kappa shape index (κ3) is 3.50. The van der Waals surface area contributed by atoms with Gasteiger partial charge in [-0.3, -0.25) is 9.59 Å². The highest BCUT2D eigenvalue weighted by molar-refractivity contribution is 5.92. The third-order valence-corrected chi connectivity index (χ3v) is 5.24. The molecule has 2 aliphatic rings. The van der Waals surface area contributed by atoms with Crippen molar-refractivity contribution >= 4 is 24.2 Å². The van der Waals surface area contributed by atoms with Gasteiger partial charge in [-0.15, -0.1) is 12.4 Å². The van der Waals surface area contributed by atoms with Crippen LogP contribution in [0.3, 0.4) is 0 Å². The first-order valence-electron chi connectivity index (χ1n) is 8.68. The van der Waals surface area contributed by atoms with Crippen molar-refractivity contribution in [1.29, 1.82) is 0 Å². The SMILES string of the molecule is Cl.NC1(C(=O)N2CCN(C(=O)c3c[nH]c(=O)[nH]3)CC2)Cc2ccccc2C1. The van der Waals surface area contributed by atoms with E-state index < -0.39 is 11.2 Å². The number of nitrogens with one attached hydrogen (secondary N) is 2. The fourth-order valence-electron chi connectivity index (χ4n) is 3.84. The second kappa shape index (κ2) is 7.21. The van der Waals surface area contributed by atoms with Crippen LogP contribution in [-0.4, -0.2) is 63.3 Å². The van der Waals surface area contributed by atoms with Crippen LogP contribution in [0.2, 0.25) is 0 Å². The molecule has 0 radical (unpaired) electrons. The van der Waals surface area contributed by atoms with Gasteiger partial charge in [0.25, 0.3) is 5.91 Å². The zero-order valence-corrected chi connectivity index (χ0v) is 15.6. The van der Waals surface area contributed by atoms with Crippen LogP contribution in [0, 0.1) is 0 Å². The molecule has 0 bridgehead atoms. The van der Waals surface area contributed by atoms with Gasteiger partial charge in [-0.25, -0.2) is 4.79 Å². The minimum Gasteiger partial charge on any atom is -0.338 e. The summed E-state index contributed by atoms with van der Waals surface area (Å²) in [6.45, 7) is 1.71. The van der Waals surface area contributed by atoms with Gasteiger partial charge in [0.1, 0.15) is 11.2 Å². The van der Waals surface area contributed by atoms with Gasteiger partial charge >= 0.3 is 5.69 Å². The molecule has 1 aromatic carbocycles. The number of nitrogens with zero attached hydrogens (tertiary/aromatic N) is 2. The molecule has 0 saturated carbocycles. The summed E-state index contributed by atoms with van der Waals surface area (Å²) in [6.07, 6.45) is 2.46. The highest BCUT2D eigenvalue weighted by Crippen LogP contribution is 2.30. The van der Waals surface area contributed by atoms with Crippen molar-refractivity contribution < 1.29 is 9.59 Å². The van der Waals surface area contributed by atoms with Crippen LogP contribution in [0.4, 0.5) is 0 Å². The Morgan fingerprint density at radius 2 is 1.56 bits per heavy atom. The maximum atomic E-state index is 13.0. The first kappa shape index (κ1) is 19.2. The Labute approximate surface area is 162 Å². The van der Waals surface area contributed by atoms with Gasteiger partial charge in [0.2, 0.25) is 5.91 Å². The van der Waals surface area contributed by atoms with E-state index in [9.17, 15) is 14.4 Å². The van der Waals surface area contributed by atoms with Gasteiger partial charge in [0.05, 0.1) is 0 Å². The zero-order chi connectivity index (χ0) is 18.3. The molecule has 144 valence electrons. The van der Waals surface area contributed by atoms with E-state index in [1.807, 2.05) is 24.3 Å². The van der Waals surface area contributed by atoms with Crippen molar-refractivity contribution in [2.45, 2.75) is 18.4 Å². The second-order valence-electron chi connectivity index (χ2n) is 7.02. The number of hydrogen-bond donors (Lipinski definition) is 3. The normalized spacial score (nSPS) is 18.0. The standard InChI is InChI=1S/C18H21N5O3.ClH/c19-18(9-12-3-1-2-4-13(12)10-18)16(25)23-7-5-22(6-8-23)15(24)14-11-20-17(26)21-14;/h1-4,11H,5-10,19H2,(H2,20,21,26);1H. The third-order valence-electron chi connectivity index (χ3n) is 5.24. The minimum absolute atomic E-state index is 0. The van der Waals surface area contributed by atoms with Crippen LogP contribution in [0.15, 0.2) is 35.3 Å². The van der Waals surface area contributed by atoms with E-state index in [4.69, 9.17) is 5.73 Å². The summed E-state index contributed by atoms with van der Waals surface area (Å²) in [5, 5.41) is 0. The number of nitrogens with two attached hydrogens (primary N) is 1. The van der Waals surface area contributed by atoms with E-state index in [0.717, 1.165) is 11.1 Å². The van der Waals surface area contributed by atoms with Gasteiger partial charge in [-0.1, -0.05) is 24.3 Å². The predicted molar refractivity (Wildman–Crippen MR) is 102 cm³/mol. The van der Waals surface area contributed by atoms with Gasteiger partial charge in [-0.05, 0) is 24.0 Å². The number of benzene rings is 1. The molecule has 4 N–H and O–H groups in total. The number of hydrogen-bond acceptors (Lipinski definition) is 4. The number of amides is 2. The molecule has 9 heteroatoms. The molecule has 8 nitrogen and oxygen atoms in total. The maximum absolute atomic E-state index is 13.0. The van der Waals surface area contributed by atoms with E-state index in [0.29, 0.717) is 39.0 Å². The average molecular weight is 392 g/mol. The molecule has 2 heterocycles. The van der Waals surface area contributed by atoms with E-state index in [1.165, 1.54) is 6.20 Å². The van der Waals surface area contributed by atoms with Crippen molar-refractivity contribution in [3.8, 4) is 0 Å². The highest BCUT2D eigenvalue weighted by Gasteiger charge is 2.43. The lowest BCUT2D eigenvalue weighted by Gasteiger charge is -2.38. The molecule has 0 spiro atoms. The maximum Gasteiger partial charge on any atom is 0.323 e. The minimum atomic E-state index is -0.901. The van der Waals surface area contributed by atoms with Crippen molar-refractivity contribution in [3.05, 3.63) is 57.8 Å². The molecule has 1 aliphatic heterocycles. The van der Waals surface area contributed by atoms with Crippen LogP contribution in [0.1, 0.15) is 21.6 Å². The van der Waals surface area contributed by atoms with Gasteiger partial charge in [0.15, 0.2) is 0 Å². The van der Waals surface area contributed by atoms with Crippen molar-refractivity contribution in [1.82, 2.24) is 19.8 Å². The molecule has 27 heavy (non-hydrogen) atoms. The zero-order valence-electron chi connectivity index (χ0n) is 14.7. The average Bonchev–Trinajstić information content (AvgIpc) is 3.23. The number of aromatic nitrogens is 2. The van der Waals surface area contributed by atoms with E-state index >= 15 is 0 Å². The number of carbonyl (C=O) groups excluding carboxylic acids is 2. The molecule has 1 saturated heterocycles. The van der Waals surface area contributed by atoms with Crippen molar-refractivity contribution in [2.75, 3.05) is 26.2 Å². The monoisotopic (exact) mass is 391 g/mol. The quantitative estimate of drug-likeness (QED) is 0.663. The van der Waals surface area contributed by atoms with E-state index in [1.54, 1.807) is 9.80 Å². The second-order valence-corrected chi connectivity index (χ2v) is 7.02. The molecule has 1 aliphatic carbocycles. The Morgan fingerprint density at radius 1 is 1.00 bits per heavy atom. The summed E-state index contributed by atoms with van der Waals surface area (Å²) in [6, 6.07) is 7.96. The Bertz CT molecular complexity index is 888. The number of rotatable bonds is 2. The summed E-state index contributed by atoms with van der Waals surface area (Å²) < 4.78 is 0. The van der Waals surface area contributed by atoms with E-state index in [-0.39, 0.29) is 29.9 Å². The van der Waals surface area contributed by atoms with Gasteiger partial charge in [0, 0.05) is 32.4 Å². The Morgan fingerprint density at radius 3 is 2.07 bits per heavy atom. The molecule has 2 amide bonds. The van der Waals surface area contributed by atoms with Crippen molar-refractivity contribution in [2.24, 2.45) is 5.73 Å². The molecule has 1 fully saturated rings. The van der Waals surface area contributed by atoms with Gasteiger partial charge < -0.3 is 25.5 Å². The predicted octanol–water partition coefficient (Wildman–Crippen LogP) is -0.0945. The molecular formula is C18H22ClN5O3. The van der Waals surface area contributed by atoms with Crippen LogP contribution >= 0.6 is 12.4 Å². The first-order valence-corrected chi connectivity index (χ1v) is 8.68. The topological polar surface area (TPSA) is 115 Å². The van der Waals surface area contributed by atoms with Crippen LogP contribution < -0.4 is 11.4 Å². The van der Waals surface area contributed by atoms with Crippen LogP contribution in [0.5, 0.6) is 0 Å². The Hall–Kier alpha value is -2.58. The summed E-state index contributed by atoms with van der Waals surface area (Å²) in [7, 11) is 0. The van der Waals surface area contributed by atoms with Crippen LogP contribution in [0.25, 0.3) is 0 Å². The number of carbonyl (C=O) groups is 2. The molecule has 0 unspecified atom stereocenters. The summed E-state index contributed by atoms with van der Waals surface area (Å²) in [5.74, 6) is -0.304. The lowest BCUT2D eigenvalue weighted by atomic mass is 9.95. The number of fused-ring (bicyclic) bond motifs is 1. The Kier molecular flexibility index (Phi) is 5.12. The molecular weight excluding hydrogens is 370 g/mol.